The Labute approximate surface area is 147 Å². The van der Waals surface area contributed by atoms with E-state index in [0.29, 0.717) is 26.1 Å². The van der Waals surface area contributed by atoms with Crippen molar-refractivity contribution in [2.24, 2.45) is 0 Å². The van der Waals surface area contributed by atoms with Gasteiger partial charge in [0.2, 0.25) is 5.91 Å². The van der Waals surface area contributed by atoms with Crippen LogP contribution >= 0.6 is 11.6 Å². The zero-order valence-corrected chi connectivity index (χ0v) is 14.3. The second-order valence-electron chi connectivity index (χ2n) is 5.98. The van der Waals surface area contributed by atoms with Crippen LogP contribution in [0.2, 0.25) is 5.02 Å². The van der Waals surface area contributed by atoms with Crippen LogP contribution in [0.3, 0.4) is 0 Å². The molecule has 2 aromatic rings. The molecule has 126 valence electrons. The van der Waals surface area contributed by atoms with E-state index in [0.717, 1.165) is 29.0 Å². The minimum Gasteiger partial charge on any atom is -0.374 e. The molecule has 4 nitrogen and oxygen atoms in total. The van der Waals surface area contributed by atoms with Crippen LogP contribution < -0.4 is 0 Å². The van der Waals surface area contributed by atoms with Gasteiger partial charge in [-0.05, 0) is 35.7 Å². The lowest BCUT2D eigenvalue weighted by atomic mass is 10.1. The summed E-state index contributed by atoms with van der Waals surface area (Å²) in [6.45, 7) is 1.87. The van der Waals surface area contributed by atoms with Gasteiger partial charge < -0.3 is 9.64 Å². The molecule has 0 spiro atoms. The molecule has 24 heavy (non-hydrogen) atoms. The molecule has 5 heteroatoms. The van der Waals surface area contributed by atoms with E-state index in [1.54, 1.807) is 12.4 Å². The van der Waals surface area contributed by atoms with Crippen molar-refractivity contribution in [2.75, 3.05) is 19.7 Å². The van der Waals surface area contributed by atoms with Crippen molar-refractivity contribution < 1.29 is 9.53 Å². The molecule has 0 radical (unpaired) electrons. The van der Waals surface area contributed by atoms with Crippen LogP contribution in [0.15, 0.2) is 48.8 Å². The van der Waals surface area contributed by atoms with Gasteiger partial charge in [-0.3, -0.25) is 9.78 Å². The summed E-state index contributed by atoms with van der Waals surface area (Å²) in [5, 5.41) is 0.752. The van der Waals surface area contributed by atoms with E-state index in [2.05, 4.69) is 4.98 Å². The maximum Gasteiger partial charge on any atom is 0.223 e. The maximum absolute atomic E-state index is 12.5. The molecule has 1 unspecified atom stereocenters. The summed E-state index contributed by atoms with van der Waals surface area (Å²) >= 11 is 6.22. The van der Waals surface area contributed by atoms with Crippen molar-refractivity contribution in [3.05, 3.63) is 64.9 Å². The normalized spacial score (nSPS) is 17.7. The Hall–Kier alpha value is -1.91. The first kappa shape index (κ1) is 16.9. The first-order chi connectivity index (χ1) is 11.7. The summed E-state index contributed by atoms with van der Waals surface area (Å²) in [5.41, 5.74) is 2.20. The molecule has 0 N–H and O–H groups in total. The SMILES string of the molecule is O=C(CCc1ccncc1)N1CCOC(Cc2ccccc2Cl)C1. The number of hydrogen-bond acceptors (Lipinski definition) is 3. The lowest BCUT2D eigenvalue weighted by molar-refractivity contribution is -0.138. The summed E-state index contributed by atoms with van der Waals surface area (Å²) in [6.07, 6.45) is 5.51. The van der Waals surface area contributed by atoms with Crippen LogP contribution in [0.5, 0.6) is 0 Å². The molecule has 1 aromatic heterocycles. The van der Waals surface area contributed by atoms with Crippen molar-refractivity contribution >= 4 is 17.5 Å². The largest absolute Gasteiger partial charge is 0.374 e. The second kappa shape index (κ2) is 8.27. The number of ether oxygens (including phenoxy) is 1. The average molecular weight is 345 g/mol. The number of amides is 1. The third kappa shape index (κ3) is 4.56. The van der Waals surface area contributed by atoms with Gasteiger partial charge in [-0.25, -0.2) is 0 Å². The molecule has 1 atom stereocenters. The minimum atomic E-state index is 0.00326. The average Bonchev–Trinajstić information content (AvgIpc) is 2.63. The first-order valence-electron chi connectivity index (χ1n) is 8.24. The number of carbonyl (C=O) groups is 1. The predicted octanol–water partition coefficient (Wildman–Crippen LogP) is 3.14. The van der Waals surface area contributed by atoms with E-state index >= 15 is 0 Å². The van der Waals surface area contributed by atoms with Crippen LogP contribution in [0.4, 0.5) is 0 Å². The van der Waals surface area contributed by atoms with Gasteiger partial charge in [0, 0.05) is 43.3 Å². The Balaban J connectivity index is 1.53. The van der Waals surface area contributed by atoms with Crippen LogP contribution in [-0.2, 0) is 22.4 Å². The Bertz CT molecular complexity index is 678. The van der Waals surface area contributed by atoms with Gasteiger partial charge in [0.15, 0.2) is 0 Å². The van der Waals surface area contributed by atoms with E-state index < -0.39 is 0 Å². The van der Waals surface area contributed by atoms with Crippen molar-refractivity contribution in [3.8, 4) is 0 Å². The highest BCUT2D eigenvalue weighted by atomic mass is 35.5. The molecule has 1 amide bonds. The summed E-state index contributed by atoms with van der Waals surface area (Å²) in [4.78, 5) is 18.4. The van der Waals surface area contributed by atoms with Gasteiger partial charge in [-0.2, -0.15) is 0 Å². The smallest absolute Gasteiger partial charge is 0.223 e. The number of pyridine rings is 1. The molecule has 1 aliphatic rings. The van der Waals surface area contributed by atoms with Gasteiger partial charge in [-0.1, -0.05) is 29.8 Å². The van der Waals surface area contributed by atoms with E-state index in [9.17, 15) is 4.79 Å². The number of nitrogens with zero attached hydrogens (tertiary/aromatic N) is 2. The second-order valence-corrected chi connectivity index (χ2v) is 6.39. The van der Waals surface area contributed by atoms with E-state index in [4.69, 9.17) is 16.3 Å². The molecule has 2 heterocycles. The maximum atomic E-state index is 12.5. The van der Waals surface area contributed by atoms with Gasteiger partial charge in [-0.15, -0.1) is 0 Å². The number of aromatic nitrogens is 1. The van der Waals surface area contributed by atoms with Crippen molar-refractivity contribution in [1.29, 1.82) is 0 Å². The monoisotopic (exact) mass is 344 g/mol. The molecule has 3 rings (SSSR count). The van der Waals surface area contributed by atoms with Crippen LogP contribution in [-0.4, -0.2) is 41.6 Å². The van der Waals surface area contributed by atoms with Crippen LogP contribution in [0.1, 0.15) is 17.5 Å². The summed E-state index contributed by atoms with van der Waals surface area (Å²) < 4.78 is 5.82. The zero-order chi connectivity index (χ0) is 16.8. The Morgan fingerprint density at radius 1 is 1.25 bits per heavy atom. The summed E-state index contributed by atoms with van der Waals surface area (Å²) in [6, 6.07) is 11.7. The van der Waals surface area contributed by atoms with Gasteiger partial charge in [0.25, 0.3) is 0 Å². The Kier molecular flexibility index (Phi) is 5.83. The third-order valence-electron chi connectivity index (χ3n) is 4.27. The number of benzene rings is 1. The fourth-order valence-corrected chi connectivity index (χ4v) is 3.15. The van der Waals surface area contributed by atoms with Crippen molar-refractivity contribution in [1.82, 2.24) is 9.88 Å². The topological polar surface area (TPSA) is 42.4 Å². The number of rotatable bonds is 5. The quantitative estimate of drug-likeness (QED) is 0.836. The first-order valence-corrected chi connectivity index (χ1v) is 8.62. The molecule has 0 saturated carbocycles. The third-order valence-corrected chi connectivity index (χ3v) is 4.64. The number of aryl methyl sites for hydroxylation is 1. The highest BCUT2D eigenvalue weighted by Crippen LogP contribution is 2.20. The molecule has 0 bridgehead atoms. The highest BCUT2D eigenvalue weighted by molar-refractivity contribution is 6.31. The number of halogens is 1. The Morgan fingerprint density at radius 3 is 2.83 bits per heavy atom. The summed E-state index contributed by atoms with van der Waals surface area (Å²) in [7, 11) is 0. The van der Waals surface area contributed by atoms with Crippen molar-refractivity contribution in [2.45, 2.75) is 25.4 Å². The van der Waals surface area contributed by atoms with Gasteiger partial charge in [0.05, 0.1) is 12.7 Å². The van der Waals surface area contributed by atoms with Gasteiger partial charge in [0.1, 0.15) is 0 Å². The number of hydrogen-bond donors (Lipinski definition) is 0. The number of morpholine rings is 1. The highest BCUT2D eigenvalue weighted by Gasteiger charge is 2.24. The molecule has 0 aliphatic carbocycles. The fraction of sp³-hybridized carbons (Fsp3) is 0.368. The molecule has 1 fully saturated rings. The van der Waals surface area contributed by atoms with Gasteiger partial charge >= 0.3 is 0 Å². The van der Waals surface area contributed by atoms with E-state index in [-0.39, 0.29) is 12.0 Å². The predicted molar refractivity (Wildman–Crippen MR) is 94.0 cm³/mol. The van der Waals surface area contributed by atoms with E-state index in [1.165, 1.54) is 0 Å². The standard InChI is InChI=1S/C19H21ClN2O2/c20-18-4-2-1-3-16(18)13-17-14-22(11-12-24-17)19(23)6-5-15-7-9-21-10-8-15/h1-4,7-10,17H,5-6,11-14H2. The molecule has 1 aliphatic heterocycles. The lowest BCUT2D eigenvalue weighted by Crippen LogP contribution is -2.46. The zero-order valence-electron chi connectivity index (χ0n) is 13.5. The Morgan fingerprint density at radius 2 is 2.04 bits per heavy atom. The molecule has 1 saturated heterocycles. The lowest BCUT2D eigenvalue weighted by Gasteiger charge is -2.33. The van der Waals surface area contributed by atoms with E-state index in [1.807, 2.05) is 41.3 Å². The molecular weight excluding hydrogens is 324 g/mol. The molecular formula is C19H21ClN2O2. The minimum absolute atomic E-state index is 0.00326. The van der Waals surface area contributed by atoms with Crippen LogP contribution in [0, 0.1) is 0 Å². The summed E-state index contributed by atoms with van der Waals surface area (Å²) in [5.74, 6) is 0.180. The van der Waals surface area contributed by atoms with Crippen LogP contribution in [0.25, 0.3) is 0 Å². The molecule has 1 aromatic carbocycles. The fourth-order valence-electron chi connectivity index (χ4n) is 2.94. The number of carbonyl (C=O) groups excluding carboxylic acids is 1. The van der Waals surface area contributed by atoms with Crippen molar-refractivity contribution in [3.63, 3.8) is 0 Å².